The van der Waals surface area contributed by atoms with Gasteiger partial charge in [-0.05, 0) is 65.2 Å². The number of nitrogens with zero attached hydrogens (tertiary/aromatic N) is 1. The Balaban J connectivity index is 2.43. The molecule has 3 nitrogen and oxygen atoms in total. The summed E-state index contributed by atoms with van der Waals surface area (Å²) < 4.78 is 0. The van der Waals surface area contributed by atoms with Gasteiger partial charge < -0.3 is 16.0 Å². The molecule has 0 radical (unpaired) electrons. The van der Waals surface area contributed by atoms with Gasteiger partial charge in [0.15, 0.2) is 0 Å². The smallest absolute Gasteiger partial charge is 0.0316 e. The van der Waals surface area contributed by atoms with Crippen LogP contribution in [0.3, 0.4) is 0 Å². The van der Waals surface area contributed by atoms with Crippen LogP contribution in [0.2, 0.25) is 0 Å². The monoisotopic (exact) mass is 253 g/mol. The van der Waals surface area contributed by atoms with Crippen LogP contribution in [0.1, 0.15) is 46.0 Å². The van der Waals surface area contributed by atoms with Crippen molar-refractivity contribution in [3.63, 3.8) is 0 Å². The first kappa shape index (κ1) is 15.7. The molecule has 0 aliphatic carbocycles. The normalized spacial score (nSPS) is 26.6. The standard InChI is InChI=1S/C15H31N3/c1-3-5-6-10-17-15(14-16)8-7-12-18(11-4-2)13-9-15/h3,5,17H,4,6-14,16H2,1-2H3/b5-3+. The van der Waals surface area contributed by atoms with Gasteiger partial charge in [-0.15, -0.1) is 0 Å². The molecule has 0 spiro atoms. The van der Waals surface area contributed by atoms with Gasteiger partial charge in [-0.25, -0.2) is 0 Å². The van der Waals surface area contributed by atoms with Crippen LogP contribution in [0.4, 0.5) is 0 Å². The van der Waals surface area contributed by atoms with Crippen LogP contribution in [0.25, 0.3) is 0 Å². The molecule has 0 bridgehead atoms. The summed E-state index contributed by atoms with van der Waals surface area (Å²) in [5.41, 5.74) is 6.23. The Kier molecular flexibility index (Phi) is 7.56. The molecule has 0 aromatic rings. The Morgan fingerprint density at radius 3 is 2.83 bits per heavy atom. The first-order chi connectivity index (χ1) is 8.76. The third-order valence-corrected chi connectivity index (χ3v) is 4.01. The van der Waals surface area contributed by atoms with Crippen molar-refractivity contribution in [3.05, 3.63) is 12.2 Å². The maximum atomic E-state index is 6.04. The molecule has 1 saturated heterocycles. The number of hydrogen-bond acceptors (Lipinski definition) is 3. The van der Waals surface area contributed by atoms with Gasteiger partial charge in [0.1, 0.15) is 0 Å². The van der Waals surface area contributed by atoms with Crippen molar-refractivity contribution >= 4 is 0 Å². The van der Waals surface area contributed by atoms with Gasteiger partial charge in [0.25, 0.3) is 0 Å². The van der Waals surface area contributed by atoms with Crippen molar-refractivity contribution in [3.8, 4) is 0 Å². The summed E-state index contributed by atoms with van der Waals surface area (Å²) in [5, 5.41) is 3.72. The molecule has 0 aromatic carbocycles. The fraction of sp³-hybridized carbons (Fsp3) is 0.867. The number of hydrogen-bond donors (Lipinski definition) is 2. The minimum atomic E-state index is 0.185. The van der Waals surface area contributed by atoms with Crippen LogP contribution < -0.4 is 11.1 Å². The molecule has 0 aromatic heterocycles. The molecule has 0 saturated carbocycles. The van der Waals surface area contributed by atoms with E-state index in [1.807, 2.05) is 0 Å². The molecule has 1 rings (SSSR count). The summed E-state index contributed by atoms with van der Waals surface area (Å²) in [4.78, 5) is 2.59. The highest BCUT2D eigenvalue weighted by Gasteiger charge is 2.30. The second-order valence-electron chi connectivity index (χ2n) is 5.46. The van der Waals surface area contributed by atoms with Gasteiger partial charge in [-0.2, -0.15) is 0 Å². The lowest BCUT2D eigenvalue weighted by Gasteiger charge is -2.33. The van der Waals surface area contributed by atoms with E-state index in [9.17, 15) is 0 Å². The molecule has 1 unspecified atom stereocenters. The number of nitrogens with one attached hydrogen (secondary N) is 1. The van der Waals surface area contributed by atoms with Crippen molar-refractivity contribution in [2.75, 3.05) is 32.7 Å². The first-order valence-electron chi connectivity index (χ1n) is 7.55. The van der Waals surface area contributed by atoms with Gasteiger partial charge >= 0.3 is 0 Å². The molecular weight excluding hydrogens is 222 g/mol. The Labute approximate surface area is 113 Å². The molecule has 3 N–H and O–H groups in total. The summed E-state index contributed by atoms with van der Waals surface area (Å²) in [7, 11) is 0. The first-order valence-corrected chi connectivity index (χ1v) is 7.55. The maximum Gasteiger partial charge on any atom is 0.0316 e. The van der Waals surface area contributed by atoms with Crippen molar-refractivity contribution in [2.24, 2.45) is 5.73 Å². The fourth-order valence-electron chi connectivity index (χ4n) is 2.83. The average Bonchev–Trinajstić information content (AvgIpc) is 2.59. The topological polar surface area (TPSA) is 41.3 Å². The highest BCUT2D eigenvalue weighted by molar-refractivity contribution is 4.93. The number of nitrogens with two attached hydrogens (primary N) is 1. The Morgan fingerprint density at radius 2 is 2.17 bits per heavy atom. The van der Waals surface area contributed by atoms with Crippen molar-refractivity contribution < 1.29 is 0 Å². The summed E-state index contributed by atoms with van der Waals surface area (Å²) in [5.74, 6) is 0. The second kappa shape index (κ2) is 8.68. The molecule has 18 heavy (non-hydrogen) atoms. The zero-order chi connectivity index (χ0) is 13.3. The van der Waals surface area contributed by atoms with E-state index in [0.29, 0.717) is 0 Å². The SMILES string of the molecule is C/C=C/CCNC1(CN)CCCN(CCC)CC1. The minimum absolute atomic E-state index is 0.185. The van der Waals surface area contributed by atoms with Crippen LogP contribution in [-0.2, 0) is 0 Å². The van der Waals surface area contributed by atoms with Gasteiger partial charge in [0, 0.05) is 12.1 Å². The minimum Gasteiger partial charge on any atom is -0.329 e. The highest BCUT2D eigenvalue weighted by Crippen LogP contribution is 2.21. The van der Waals surface area contributed by atoms with Crippen LogP contribution in [-0.4, -0.2) is 43.2 Å². The third kappa shape index (κ3) is 5.09. The van der Waals surface area contributed by atoms with Crippen molar-refractivity contribution in [1.29, 1.82) is 0 Å². The number of rotatable bonds is 7. The Bertz CT molecular complexity index is 240. The fourth-order valence-corrected chi connectivity index (χ4v) is 2.83. The Hall–Kier alpha value is -0.380. The molecule has 3 heteroatoms. The highest BCUT2D eigenvalue weighted by atomic mass is 15.1. The molecule has 0 amide bonds. The van der Waals surface area contributed by atoms with E-state index in [1.54, 1.807) is 0 Å². The van der Waals surface area contributed by atoms with Crippen LogP contribution >= 0.6 is 0 Å². The van der Waals surface area contributed by atoms with Crippen LogP contribution in [0.15, 0.2) is 12.2 Å². The Morgan fingerprint density at radius 1 is 1.33 bits per heavy atom. The molecular formula is C15H31N3. The number of allylic oxidation sites excluding steroid dienone is 1. The summed E-state index contributed by atoms with van der Waals surface area (Å²) in [6.07, 6.45) is 10.4. The lowest BCUT2D eigenvalue weighted by atomic mass is 9.90. The van der Waals surface area contributed by atoms with E-state index >= 15 is 0 Å². The van der Waals surface area contributed by atoms with Crippen LogP contribution in [0.5, 0.6) is 0 Å². The molecule has 1 aliphatic heterocycles. The molecule has 1 heterocycles. The average molecular weight is 253 g/mol. The van der Waals surface area contributed by atoms with E-state index in [2.05, 4.69) is 36.2 Å². The predicted octanol–water partition coefficient (Wildman–Crippen LogP) is 2.14. The third-order valence-electron chi connectivity index (χ3n) is 4.01. The van der Waals surface area contributed by atoms with E-state index in [1.165, 1.54) is 45.3 Å². The van der Waals surface area contributed by atoms with Gasteiger partial charge in [-0.1, -0.05) is 19.1 Å². The number of likely N-dealkylation sites (tertiary alicyclic amines) is 1. The van der Waals surface area contributed by atoms with Gasteiger partial charge in [-0.3, -0.25) is 0 Å². The maximum absolute atomic E-state index is 6.04. The van der Waals surface area contributed by atoms with E-state index in [0.717, 1.165) is 19.5 Å². The predicted molar refractivity (Wildman–Crippen MR) is 79.8 cm³/mol. The zero-order valence-corrected chi connectivity index (χ0v) is 12.3. The van der Waals surface area contributed by atoms with E-state index in [4.69, 9.17) is 5.73 Å². The molecule has 106 valence electrons. The molecule has 1 atom stereocenters. The van der Waals surface area contributed by atoms with E-state index < -0.39 is 0 Å². The van der Waals surface area contributed by atoms with Crippen molar-refractivity contribution in [2.45, 2.75) is 51.5 Å². The molecule has 1 aliphatic rings. The van der Waals surface area contributed by atoms with Gasteiger partial charge in [0.05, 0.1) is 0 Å². The largest absolute Gasteiger partial charge is 0.329 e. The van der Waals surface area contributed by atoms with Gasteiger partial charge in [0.2, 0.25) is 0 Å². The second-order valence-corrected chi connectivity index (χ2v) is 5.46. The lowest BCUT2D eigenvalue weighted by Crippen LogP contribution is -2.52. The molecule has 1 fully saturated rings. The summed E-state index contributed by atoms with van der Waals surface area (Å²) in [6, 6.07) is 0. The summed E-state index contributed by atoms with van der Waals surface area (Å²) >= 11 is 0. The quantitative estimate of drug-likeness (QED) is 0.539. The van der Waals surface area contributed by atoms with E-state index in [-0.39, 0.29) is 5.54 Å². The zero-order valence-electron chi connectivity index (χ0n) is 12.3. The van der Waals surface area contributed by atoms with Crippen molar-refractivity contribution in [1.82, 2.24) is 10.2 Å². The van der Waals surface area contributed by atoms with Crippen LogP contribution in [0, 0.1) is 0 Å². The lowest BCUT2D eigenvalue weighted by molar-refractivity contribution is 0.259. The summed E-state index contributed by atoms with van der Waals surface area (Å²) in [6.45, 7) is 9.83.